The Morgan fingerprint density at radius 3 is 2.21 bits per heavy atom. The Labute approximate surface area is 116 Å². The van der Waals surface area contributed by atoms with Gasteiger partial charge in [-0.25, -0.2) is 0 Å². The zero-order valence-electron chi connectivity index (χ0n) is 11.5. The molecule has 1 N–H and O–H groups in total. The minimum Gasteiger partial charge on any atom is -0.309 e. The highest BCUT2D eigenvalue weighted by Crippen LogP contribution is 2.17. The lowest BCUT2D eigenvalue weighted by Gasteiger charge is -2.18. The van der Waals surface area contributed by atoms with Gasteiger partial charge in [-0.2, -0.15) is 0 Å². The van der Waals surface area contributed by atoms with E-state index >= 15 is 0 Å². The van der Waals surface area contributed by atoms with Crippen molar-refractivity contribution >= 4 is 0 Å². The van der Waals surface area contributed by atoms with Gasteiger partial charge in [-0.1, -0.05) is 74.0 Å². The normalized spacial score (nSPS) is 12.3. The molecule has 1 heteroatoms. The van der Waals surface area contributed by atoms with Gasteiger partial charge in [0, 0.05) is 6.04 Å². The van der Waals surface area contributed by atoms with Crippen LogP contribution in [0.15, 0.2) is 60.7 Å². The number of rotatable bonds is 7. The molecular formula is C18H22N. The van der Waals surface area contributed by atoms with Gasteiger partial charge >= 0.3 is 0 Å². The Hall–Kier alpha value is -1.60. The molecule has 0 spiro atoms. The van der Waals surface area contributed by atoms with Crippen molar-refractivity contribution in [3.8, 4) is 0 Å². The summed E-state index contributed by atoms with van der Waals surface area (Å²) in [5.74, 6) is 0. The average Bonchev–Trinajstić information content (AvgIpc) is 2.48. The molecule has 0 fully saturated rings. The summed E-state index contributed by atoms with van der Waals surface area (Å²) in [5, 5.41) is 3.63. The highest BCUT2D eigenvalue weighted by atomic mass is 14.9. The highest BCUT2D eigenvalue weighted by molar-refractivity contribution is 5.21. The first kappa shape index (κ1) is 13.8. The van der Waals surface area contributed by atoms with E-state index in [1.807, 2.05) is 0 Å². The number of benzene rings is 2. The van der Waals surface area contributed by atoms with E-state index in [0.29, 0.717) is 6.04 Å². The highest BCUT2D eigenvalue weighted by Gasteiger charge is 2.08. The monoisotopic (exact) mass is 252 g/mol. The Kier molecular flexibility index (Phi) is 5.64. The number of hydrogen-bond acceptors (Lipinski definition) is 1. The third-order valence-corrected chi connectivity index (χ3v) is 3.25. The van der Waals surface area contributed by atoms with E-state index in [1.165, 1.54) is 11.1 Å². The Morgan fingerprint density at radius 1 is 0.947 bits per heavy atom. The second kappa shape index (κ2) is 7.75. The second-order valence-electron chi connectivity index (χ2n) is 4.72. The van der Waals surface area contributed by atoms with E-state index in [2.05, 4.69) is 79.3 Å². The molecule has 0 saturated heterocycles. The van der Waals surface area contributed by atoms with E-state index < -0.39 is 0 Å². The largest absolute Gasteiger partial charge is 0.309 e. The molecule has 0 aliphatic heterocycles. The topological polar surface area (TPSA) is 12.0 Å². The third-order valence-electron chi connectivity index (χ3n) is 3.25. The second-order valence-corrected chi connectivity index (χ2v) is 4.72. The van der Waals surface area contributed by atoms with Crippen molar-refractivity contribution < 1.29 is 0 Å². The van der Waals surface area contributed by atoms with E-state index in [-0.39, 0.29) is 0 Å². The molecule has 2 rings (SSSR count). The summed E-state index contributed by atoms with van der Waals surface area (Å²) in [6, 6.07) is 21.6. The molecule has 1 unspecified atom stereocenters. The third kappa shape index (κ3) is 4.53. The maximum atomic E-state index is 3.63. The first-order valence-corrected chi connectivity index (χ1v) is 7.05. The van der Waals surface area contributed by atoms with Crippen molar-refractivity contribution in [1.29, 1.82) is 0 Å². The molecule has 19 heavy (non-hydrogen) atoms. The van der Waals surface area contributed by atoms with Gasteiger partial charge in [0.1, 0.15) is 0 Å². The molecule has 0 aromatic heterocycles. The zero-order valence-corrected chi connectivity index (χ0v) is 11.5. The lowest BCUT2D eigenvalue weighted by molar-refractivity contribution is 0.579. The minimum absolute atomic E-state index is 0.356. The predicted molar refractivity (Wildman–Crippen MR) is 81.9 cm³/mol. The molecule has 99 valence electrons. The minimum atomic E-state index is 0.356. The van der Waals surface area contributed by atoms with Gasteiger partial charge in [-0.05, 0) is 30.5 Å². The van der Waals surface area contributed by atoms with Crippen molar-refractivity contribution in [1.82, 2.24) is 5.32 Å². The van der Waals surface area contributed by atoms with Gasteiger partial charge in [-0.15, -0.1) is 0 Å². The summed E-state index contributed by atoms with van der Waals surface area (Å²) in [6.45, 7) is 3.19. The number of nitrogens with one attached hydrogen (secondary N) is 1. The van der Waals surface area contributed by atoms with E-state index in [0.717, 1.165) is 19.4 Å². The molecule has 1 atom stereocenters. The Morgan fingerprint density at radius 2 is 1.58 bits per heavy atom. The Balaban J connectivity index is 1.87. The summed E-state index contributed by atoms with van der Waals surface area (Å²) in [7, 11) is 0. The van der Waals surface area contributed by atoms with Crippen molar-refractivity contribution in [3.63, 3.8) is 0 Å². The van der Waals surface area contributed by atoms with Crippen LogP contribution in [0.3, 0.4) is 0 Å². The summed E-state index contributed by atoms with van der Waals surface area (Å²) in [4.78, 5) is 0. The van der Waals surface area contributed by atoms with Crippen LogP contribution in [0.5, 0.6) is 0 Å². The fraction of sp³-hybridized carbons (Fsp3) is 0.278. The molecule has 0 saturated carbocycles. The van der Waals surface area contributed by atoms with Crippen LogP contribution in [0.1, 0.15) is 30.5 Å². The molecule has 1 radical (unpaired) electrons. The van der Waals surface area contributed by atoms with Gasteiger partial charge in [0.15, 0.2) is 0 Å². The van der Waals surface area contributed by atoms with Gasteiger partial charge < -0.3 is 5.32 Å². The Bertz CT molecular complexity index is 450. The van der Waals surface area contributed by atoms with Gasteiger partial charge in [0.2, 0.25) is 0 Å². The molecule has 0 heterocycles. The summed E-state index contributed by atoms with van der Waals surface area (Å²) >= 11 is 0. The lowest BCUT2D eigenvalue weighted by atomic mass is 10.0. The predicted octanol–water partition coefficient (Wildman–Crippen LogP) is 4.17. The van der Waals surface area contributed by atoms with Crippen molar-refractivity contribution in [2.45, 2.75) is 25.8 Å². The van der Waals surface area contributed by atoms with Crippen LogP contribution in [0.2, 0.25) is 0 Å². The van der Waals surface area contributed by atoms with Crippen LogP contribution < -0.4 is 5.32 Å². The molecule has 2 aromatic rings. The first-order chi connectivity index (χ1) is 9.40. The summed E-state index contributed by atoms with van der Waals surface area (Å²) in [6.07, 6.45) is 4.49. The van der Waals surface area contributed by atoms with Crippen LogP contribution in [0.25, 0.3) is 0 Å². The standard InChI is InChI=1S/C18H22N/c1-2-9-18(17-12-7-4-8-13-17)19-15-14-16-10-5-3-6-11-16/h3-13,18-19H,2,14-15H2,1H3. The summed E-state index contributed by atoms with van der Waals surface area (Å²) in [5.41, 5.74) is 2.73. The molecule has 1 nitrogen and oxygen atoms in total. The maximum absolute atomic E-state index is 3.63. The van der Waals surface area contributed by atoms with E-state index in [9.17, 15) is 0 Å². The van der Waals surface area contributed by atoms with Gasteiger partial charge in [0.25, 0.3) is 0 Å². The van der Waals surface area contributed by atoms with Gasteiger partial charge in [0.05, 0.1) is 0 Å². The molecule has 0 bridgehead atoms. The van der Waals surface area contributed by atoms with Crippen LogP contribution >= 0.6 is 0 Å². The zero-order chi connectivity index (χ0) is 13.3. The molecule has 0 aliphatic rings. The lowest BCUT2D eigenvalue weighted by Crippen LogP contribution is -2.24. The molecular weight excluding hydrogens is 230 g/mol. The van der Waals surface area contributed by atoms with Crippen LogP contribution in [0.4, 0.5) is 0 Å². The van der Waals surface area contributed by atoms with Crippen LogP contribution in [0, 0.1) is 6.42 Å². The first-order valence-electron chi connectivity index (χ1n) is 7.05. The van der Waals surface area contributed by atoms with Crippen LogP contribution in [-0.2, 0) is 6.42 Å². The fourth-order valence-electron chi connectivity index (χ4n) is 2.25. The maximum Gasteiger partial charge on any atom is 0.0352 e. The smallest absolute Gasteiger partial charge is 0.0352 e. The molecule has 0 aliphatic carbocycles. The van der Waals surface area contributed by atoms with E-state index in [1.54, 1.807) is 0 Å². The van der Waals surface area contributed by atoms with Crippen LogP contribution in [-0.4, -0.2) is 6.54 Å². The number of hydrogen-bond donors (Lipinski definition) is 1. The average molecular weight is 252 g/mol. The molecule has 2 aromatic carbocycles. The van der Waals surface area contributed by atoms with E-state index in [4.69, 9.17) is 0 Å². The van der Waals surface area contributed by atoms with Crippen molar-refractivity contribution in [2.75, 3.05) is 6.54 Å². The summed E-state index contributed by atoms with van der Waals surface area (Å²) < 4.78 is 0. The SMILES string of the molecule is CC[CH]C(NCCc1ccccc1)c1ccccc1. The molecule has 0 amide bonds. The van der Waals surface area contributed by atoms with Crippen molar-refractivity contribution in [3.05, 3.63) is 78.2 Å². The van der Waals surface area contributed by atoms with Gasteiger partial charge in [-0.3, -0.25) is 0 Å². The van der Waals surface area contributed by atoms with Crippen molar-refractivity contribution in [2.24, 2.45) is 0 Å². The fourth-order valence-corrected chi connectivity index (χ4v) is 2.25. The quantitative estimate of drug-likeness (QED) is 0.779.